The molecule has 0 unspecified atom stereocenters. The Morgan fingerprint density at radius 2 is 1.44 bits per heavy atom. The van der Waals surface area contributed by atoms with E-state index in [4.69, 9.17) is 0 Å². The number of benzene rings is 1. The molecule has 1 rings (SSSR count). The van der Waals surface area contributed by atoms with Gasteiger partial charge >= 0.3 is 0 Å². The zero-order valence-electron chi connectivity index (χ0n) is 12.8. The van der Waals surface area contributed by atoms with Crippen LogP contribution in [0.4, 0.5) is 0 Å². The van der Waals surface area contributed by atoms with Crippen molar-refractivity contribution in [1.82, 2.24) is 0 Å². The Labute approximate surface area is 114 Å². The van der Waals surface area contributed by atoms with Crippen LogP contribution in [0.5, 0.6) is 0 Å². The minimum absolute atomic E-state index is 0.582. The van der Waals surface area contributed by atoms with Gasteiger partial charge in [-0.1, -0.05) is 66.0 Å². The van der Waals surface area contributed by atoms with E-state index in [2.05, 4.69) is 52.8 Å². The molecule has 0 heterocycles. The summed E-state index contributed by atoms with van der Waals surface area (Å²) >= 11 is 0. The van der Waals surface area contributed by atoms with Gasteiger partial charge in [-0.15, -0.1) is 0 Å². The Morgan fingerprint density at radius 3 is 1.89 bits per heavy atom. The van der Waals surface area contributed by atoms with Crippen molar-refractivity contribution < 1.29 is 0 Å². The number of hydrogen-bond donors (Lipinski definition) is 0. The SMILES string of the molecule is CCCCCCc1cc(C(C)C)[c]c(C(C)C)c1. The van der Waals surface area contributed by atoms with Gasteiger partial charge in [-0.25, -0.2) is 0 Å². The third kappa shape index (κ3) is 4.84. The predicted molar refractivity (Wildman–Crippen MR) is 81.3 cm³/mol. The molecule has 0 N–H and O–H groups in total. The second-order valence-corrected chi connectivity index (χ2v) is 6.02. The van der Waals surface area contributed by atoms with Crippen LogP contribution in [-0.4, -0.2) is 0 Å². The molecule has 0 aliphatic heterocycles. The Kier molecular flexibility index (Phi) is 6.46. The van der Waals surface area contributed by atoms with Crippen LogP contribution in [0.3, 0.4) is 0 Å². The van der Waals surface area contributed by atoms with E-state index in [0.29, 0.717) is 11.8 Å². The van der Waals surface area contributed by atoms with Gasteiger partial charge in [-0.05, 0) is 47.4 Å². The maximum absolute atomic E-state index is 3.59. The molecule has 18 heavy (non-hydrogen) atoms. The van der Waals surface area contributed by atoms with Gasteiger partial charge in [0.1, 0.15) is 0 Å². The summed E-state index contributed by atoms with van der Waals surface area (Å²) < 4.78 is 0. The summed E-state index contributed by atoms with van der Waals surface area (Å²) in [5, 5.41) is 0. The molecule has 0 heteroatoms. The molecule has 0 aliphatic rings. The van der Waals surface area contributed by atoms with Crippen LogP contribution in [0.15, 0.2) is 12.1 Å². The lowest BCUT2D eigenvalue weighted by Gasteiger charge is -2.13. The van der Waals surface area contributed by atoms with E-state index in [-0.39, 0.29) is 0 Å². The van der Waals surface area contributed by atoms with E-state index in [1.165, 1.54) is 48.8 Å². The van der Waals surface area contributed by atoms with Crippen molar-refractivity contribution in [1.29, 1.82) is 0 Å². The van der Waals surface area contributed by atoms with E-state index in [1.54, 1.807) is 0 Å². The second-order valence-electron chi connectivity index (χ2n) is 6.02. The van der Waals surface area contributed by atoms with Gasteiger partial charge in [0.2, 0.25) is 0 Å². The summed E-state index contributed by atoms with van der Waals surface area (Å²) in [5.41, 5.74) is 4.27. The molecule has 0 atom stereocenters. The van der Waals surface area contributed by atoms with Crippen LogP contribution in [0.25, 0.3) is 0 Å². The van der Waals surface area contributed by atoms with Crippen LogP contribution in [0, 0.1) is 6.07 Å². The Hall–Kier alpha value is -0.780. The van der Waals surface area contributed by atoms with Crippen molar-refractivity contribution in [2.45, 2.75) is 78.6 Å². The van der Waals surface area contributed by atoms with Gasteiger partial charge in [0, 0.05) is 0 Å². The highest BCUT2D eigenvalue weighted by Crippen LogP contribution is 2.23. The third-order valence-corrected chi connectivity index (χ3v) is 3.53. The van der Waals surface area contributed by atoms with Crippen molar-refractivity contribution in [3.8, 4) is 0 Å². The van der Waals surface area contributed by atoms with Crippen LogP contribution >= 0.6 is 0 Å². The van der Waals surface area contributed by atoms with Gasteiger partial charge < -0.3 is 0 Å². The molecule has 0 amide bonds. The van der Waals surface area contributed by atoms with E-state index in [1.807, 2.05) is 0 Å². The highest BCUT2D eigenvalue weighted by atomic mass is 14.1. The molecule has 1 aromatic carbocycles. The molecule has 0 aliphatic carbocycles. The number of hydrogen-bond acceptors (Lipinski definition) is 0. The van der Waals surface area contributed by atoms with E-state index in [0.717, 1.165) is 0 Å². The minimum atomic E-state index is 0.582. The quantitative estimate of drug-likeness (QED) is 0.528. The molecule has 0 saturated heterocycles. The normalized spacial score (nSPS) is 11.5. The topological polar surface area (TPSA) is 0 Å². The first-order chi connectivity index (χ1) is 8.54. The highest BCUT2D eigenvalue weighted by Gasteiger charge is 2.07. The molecule has 0 aromatic heterocycles. The van der Waals surface area contributed by atoms with Crippen LogP contribution in [-0.2, 0) is 6.42 Å². The Balaban J connectivity index is 2.76. The zero-order valence-corrected chi connectivity index (χ0v) is 12.8. The van der Waals surface area contributed by atoms with Crippen molar-refractivity contribution >= 4 is 0 Å². The lowest BCUT2D eigenvalue weighted by molar-refractivity contribution is 0.665. The first kappa shape index (κ1) is 15.3. The summed E-state index contributed by atoms with van der Waals surface area (Å²) in [6.07, 6.45) is 6.61. The lowest BCUT2D eigenvalue weighted by Crippen LogP contribution is -1.98. The molecule has 1 radical (unpaired) electrons. The molecule has 0 nitrogen and oxygen atoms in total. The molecular formula is C18H29. The molecule has 0 fully saturated rings. The fraction of sp³-hybridized carbons (Fsp3) is 0.667. The van der Waals surface area contributed by atoms with Crippen molar-refractivity contribution in [2.75, 3.05) is 0 Å². The second kappa shape index (κ2) is 7.61. The van der Waals surface area contributed by atoms with Gasteiger partial charge in [0.15, 0.2) is 0 Å². The van der Waals surface area contributed by atoms with Gasteiger partial charge in [-0.3, -0.25) is 0 Å². The summed E-state index contributed by atoms with van der Waals surface area (Å²) in [6.45, 7) is 11.3. The third-order valence-electron chi connectivity index (χ3n) is 3.53. The average Bonchev–Trinajstić information content (AvgIpc) is 2.34. The van der Waals surface area contributed by atoms with Crippen LogP contribution in [0.2, 0.25) is 0 Å². The highest BCUT2D eigenvalue weighted by molar-refractivity contribution is 5.32. The van der Waals surface area contributed by atoms with Crippen molar-refractivity contribution in [3.05, 3.63) is 34.9 Å². The van der Waals surface area contributed by atoms with Gasteiger partial charge in [-0.2, -0.15) is 0 Å². The summed E-state index contributed by atoms with van der Waals surface area (Å²) in [4.78, 5) is 0. The standard InChI is InChI=1S/C18H29/c1-6-7-8-9-10-16-11-17(14(2)3)13-18(12-16)15(4)5/h11-12,14-15H,6-10H2,1-5H3. The smallest absolute Gasteiger partial charge is 0.0109 e. The summed E-state index contributed by atoms with van der Waals surface area (Å²) in [5.74, 6) is 1.16. The summed E-state index contributed by atoms with van der Waals surface area (Å²) in [6, 6.07) is 8.31. The van der Waals surface area contributed by atoms with Crippen molar-refractivity contribution in [3.63, 3.8) is 0 Å². The van der Waals surface area contributed by atoms with Crippen LogP contribution < -0.4 is 0 Å². The average molecular weight is 245 g/mol. The van der Waals surface area contributed by atoms with E-state index < -0.39 is 0 Å². The first-order valence-electron chi connectivity index (χ1n) is 7.60. The monoisotopic (exact) mass is 245 g/mol. The molecule has 0 saturated carbocycles. The summed E-state index contributed by atoms with van der Waals surface area (Å²) in [7, 11) is 0. The van der Waals surface area contributed by atoms with E-state index >= 15 is 0 Å². The maximum Gasteiger partial charge on any atom is -0.0109 e. The predicted octanol–water partition coefficient (Wildman–Crippen LogP) is 5.86. The lowest BCUT2D eigenvalue weighted by atomic mass is 9.91. The maximum atomic E-state index is 3.59. The molecule has 101 valence electrons. The molecule has 0 bridgehead atoms. The number of rotatable bonds is 7. The largest absolute Gasteiger partial charge is 0.0654 e. The van der Waals surface area contributed by atoms with Gasteiger partial charge in [0.25, 0.3) is 0 Å². The molecule has 1 aromatic rings. The molecular weight excluding hydrogens is 216 g/mol. The van der Waals surface area contributed by atoms with Gasteiger partial charge in [0.05, 0.1) is 0 Å². The Morgan fingerprint density at radius 1 is 0.889 bits per heavy atom. The van der Waals surface area contributed by atoms with Crippen LogP contribution in [0.1, 0.15) is 88.8 Å². The number of aryl methyl sites for hydroxylation is 1. The van der Waals surface area contributed by atoms with E-state index in [9.17, 15) is 0 Å². The minimum Gasteiger partial charge on any atom is -0.0654 e. The Bertz CT molecular complexity index is 321. The fourth-order valence-electron chi connectivity index (χ4n) is 2.20. The van der Waals surface area contributed by atoms with Crippen molar-refractivity contribution in [2.24, 2.45) is 0 Å². The number of unbranched alkanes of at least 4 members (excludes halogenated alkanes) is 3. The molecule has 0 spiro atoms. The zero-order chi connectivity index (χ0) is 13.5. The fourth-order valence-corrected chi connectivity index (χ4v) is 2.20. The first-order valence-corrected chi connectivity index (χ1v) is 7.60.